The van der Waals surface area contributed by atoms with Gasteiger partial charge in [-0.15, -0.1) is 11.3 Å². The molecule has 84 valence electrons. The van der Waals surface area contributed by atoms with E-state index in [0.717, 1.165) is 21.2 Å². The van der Waals surface area contributed by atoms with Crippen molar-refractivity contribution in [2.75, 3.05) is 0 Å². The Morgan fingerprint density at radius 3 is 2.69 bits per heavy atom. The van der Waals surface area contributed by atoms with E-state index in [0.29, 0.717) is 0 Å². The lowest BCUT2D eigenvalue weighted by Gasteiger charge is -2.13. The molecule has 0 aliphatic heterocycles. The number of aliphatic hydroxyl groups excluding tert-OH is 1. The molecule has 0 saturated heterocycles. The zero-order valence-corrected chi connectivity index (χ0v) is 11.6. The van der Waals surface area contributed by atoms with Gasteiger partial charge in [-0.25, -0.2) is 0 Å². The summed E-state index contributed by atoms with van der Waals surface area (Å²) < 4.78 is 1.04. The van der Waals surface area contributed by atoms with E-state index >= 15 is 0 Å². The first kappa shape index (κ1) is 11.8. The molecule has 3 heteroatoms. The molecule has 1 heterocycles. The molecule has 0 fully saturated rings. The maximum atomic E-state index is 10.3. The van der Waals surface area contributed by atoms with Crippen LogP contribution in [0.1, 0.15) is 27.7 Å². The smallest absolute Gasteiger partial charge is 0.105 e. The van der Waals surface area contributed by atoms with E-state index in [2.05, 4.69) is 22.9 Å². The van der Waals surface area contributed by atoms with E-state index < -0.39 is 6.10 Å². The lowest BCUT2D eigenvalue weighted by molar-refractivity contribution is 0.220. The fraction of sp³-hybridized carbons (Fsp3) is 0.231. The monoisotopic (exact) mass is 296 g/mol. The third kappa shape index (κ3) is 2.21. The highest BCUT2D eigenvalue weighted by molar-refractivity contribution is 9.10. The van der Waals surface area contributed by atoms with Gasteiger partial charge in [0.05, 0.1) is 0 Å². The molecule has 1 nitrogen and oxygen atoms in total. The molecule has 0 aliphatic rings. The quantitative estimate of drug-likeness (QED) is 0.880. The molecule has 0 amide bonds. The number of halogens is 1. The second-order valence-electron chi connectivity index (χ2n) is 3.85. The Kier molecular flexibility index (Phi) is 3.47. The van der Waals surface area contributed by atoms with Crippen LogP contribution in [0, 0.1) is 13.8 Å². The van der Waals surface area contributed by atoms with Crippen LogP contribution in [0.25, 0.3) is 0 Å². The summed E-state index contributed by atoms with van der Waals surface area (Å²) in [6.07, 6.45) is -0.526. The number of rotatable bonds is 2. The van der Waals surface area contributed by atoms with Crippen molar-refractivity contribution in [3.8, 4) is 0 Å². The summed E-state index contributed by atoms with van der Waals surface area (Å²) in [6, 6.07) is 7.95. The van der Waals surface area contributed by atoms with Crippen molar-refractivity contribution in [1.29, 1.82) is 0 Å². The average Bonchev–Trinajstić information content (AvgIpc) is 2.68. The fourth-order valence-corrected chi connectivity index (χ4v) is 2.81. The SMILES string of the molecule is Cc1cc(C(O)c2cccc(Br)c2C)cs1. The number of aryl methyl sites for hydroxylation is 1. The highest BCUT2D eigenvalue weighted by atomic mass is 79.9. The molecule has 1 unspecified atom stereocenters. The molecule has 2 rings (SSSR count). The number of aliphatic hydroxyl groups is 1. The van der Waals surface area contributed by atoms with Gasteiger partial charge in [-0.05, 0) is 48.1 Å². The molecule has 1 atom stereocenters. The Hall–Kier alpha value is -0.640. The number of hydrogen-bond acceptors (Lipinski definition) is 2. The third-order valence-corrected chi connectivity index (χ3v) is 4.41. The molecule has 16 heavy (non-hydrogen) atoms. The Balaban J connectivity index is 2.41. The Morgan fingerprint density at radius 2 is 2.06 bits per heavy atom. The van der Waals surface area contributed by atoms with Crippen molar-refractivity contribution in [3.05, 3.63) is 55.7 Å². The molecular formula is C13H13BrOS. The van der Waals surface area contributed by atoms with Crippen LogP contribution in [0.4, 0.5) is 0 Å². The summed E-state index contributed by atoms with van der Waals surface area (Å²) in [5, 5.41) is 12.3. The summed E-state index contributed by atoms with van der Waals surface area (Å²) in [7, 11) is 0. The summed E-state index contributed by atoms with van der Waals surface area (Å²) in [6.45, 7) is 4.07. The van der Waals surface area contributed by atoms with E-state index in [-0.39, 0.29) is 0 Å². The van der Waals surface area contributed by atoms with Gasteiger partial charge < -0.3 is 5.11 Å². The first-order valence-electron chi connectivity index (χ1n) is 5.07. The third-order valence-electron chi connectivity index (χ3n) is 2.67. The number of thiophene rings is 1. The van der Waals surface area contributed by atoms with Crippen LogP contribution in [0.15, 0.2) is 34.1 Å². The van der Waals surface area contributed by atoms with Gasteiger partial charge in [0, 0.05) is 9.35 Å². The van der Waals surface area contributed by atoms with Crippen LogP contribution in [0.2, 0.25) is 0 Å². The molecule has 1 aromatic heterocycles. The van der Waals surface area contributed by atoms with Crippen molar-refractivity contribution in [2.45, 2.75) is 20.0 Å². The molecule has 1 aromatic carbocycles. The maximum absolute atomic E-state index is 10.3. The second-order valence-corrected chi connectivity index (χ2v) is 5.82. The van der Waals surface area contributed by atoms with Gasteiger partial charge in [0.2, 0.25) is 0 Å². The van der Waals surface area contributed by atoms with Crippen molar-refractivity contribution in [1.82, 2.24) is 0 Å². The second kappa shape index (κ2) is 4.70. The minimum Gasteiger partial charge on any atom is -0.384 e. The van der Waals surface area contributed by atoms with Crippen LogP contribution >= 0.6 is 27.3 Å². The Morgan fingerprint density at radius 1 is 1.31 bits per heavy atom. The van der Waals surface area contributed by atoms with Crippen molar-refractivity contribution in [3.63, 3.8) is 0 Å². The lowest BCUT2D eigenvalue weighted by Crippen LogP contribution is -2.00. The molecule has 2 aromatic rings. The van der Waals surface area contributed by atoms with E-state index in [9.17, 15) is 5.11 Å². The minimum absolute atomic E-state index is 0.526. The zero-order chi connectivity index (χ0) is 11.7. The van der Waals surface area contributed by atoms with Crippen LogP contribution in [0.5, 0.6) is 0 Å². The summed E-state index contributed by atoms with van der Waals surface area (Å²) in [5.41, 5.74) is 3.04. The van der Waals surface area contributed by atoms with Crippen molar-refractivity contribution in [2.24, 2.45) is 0 Å². The summed E-state index contributed by atoms with van der Waals surface area (Å²) in [4.78, 5) is 1.22. The van der Waals surface area contributed by atoms with Crippen LogP contribution < -0.4 is 0 Å². The largest absolute Gasteiger partial charge is 0.384 e. The lowest BCUT2D eigenvalue weighted by atomic mass is 9.99. The molecule has 0 spiro atoms. The summed E-state index contributed by atoms with van der Waals surface area (Å²) in [5.74, 6) is 0. The van der Waals surface area contributed by atoms with Crippen LogP contribution in [0.3, 0.4) is 0 Å². The highest BCUT2D eigenvalue weighted by Crippen LogP contribution is 2.30. The first-order chi connectivity index (χ1) is 7.59. The molecule has 1 N–H and O–H groups in total. The average molecular weight is 297 g/mol. The zero-order valence-electron chi connectivity index (χ0n) is 9.20. The van der Waals surface area contributed by atoms with Gasteiger partial charge in [-0.3, -0.25) is 0 Å². The van der Waals surface area contributed by atoms with E-state index in [1.807, 2.05) is 36.6 Å². The Labute approximate surface area is 108 Å². The fourth-order valence-electron chi connectivity index (χ4n) is 1.71. The molecule has 0 aliphatic carbocycles. The molecule has 0 bridgehead atoms. The van der Waals surface area contributed by atoms with Gasteiger partial charge in [0.1, 0.15) is 6.10 Å². The van der Waals surface area contributed by atoms with Crippen molar-refractivity contribution >= 4 is 27.3 Å². The minimum atomic E-state index is -0.526. The van der Waals surface area contributed by atoms with Crippen LogP contribution in [-0.4, -0.2) is 5.11 Å². The summed E-state index contributed by atoms with van der Waals surface area (Å²) >= 11 is 5.15. The maximum Gasteiger partial charge on any atom is 0.105 e. The van der Waals surface area contributed by atoms with Gasteiger partial charge in [0.25, 0.3) is 0 Å². The van der Waals surface area contributed by atoms with E-state index in [4.69, 9.17) is 0 Å². The van der Waals surface area contributed by atoms with E-state index in [1.54, 1.807) is 11.3 Å². The van der Waals surface area contributed by atoms with Gasteiger partial charge in [-0.2, -0.15) is 0 Å². The van der Waals surface area contributed by atoms with Gasteiger partial charge >= 0.3 is 0 Å². The van der Waals surface area contributed by atoms with Crippen molar-refractivity contribution < 1.29 is 5.11 Å². The van der Waals surface area contributed by atoms with E-state index in [1.165, 1.54) is 4.88 Å². The topological polar surface area (TPSA) is 20.2 Å². The standard InChI is InChI=1S/C13H13BrOS/c1-8-6-10(7-16-8)13(15)11-4-3-5-12(14)9(11)2/h3-7,13,15H,1-2H3. The predicted molar refractivity (Wildman–Crippen MR) is 72.0 cm³/mol. The first-order valence-corrected chi connectivity index (χ1v) is 6.75. The number of benzene rings is 1. The molecular weight excluding hydrogens is 284 g/mol. The van der Waals surface area contributed by atoms with Gasteiger partial charge in [-0.1, -0.05) is 28.1 Å². The molecule has 0 radical (unpaired) electrons. The highest BCUT2D eigenvalue weighted by Gasteiger charge is 2.14. The van der Waals surface area contributed by atoms with Gasteiger partial charge in [0.15, 0.2) is 0 Å². The number of hydrogen-bond donors (Lipinski definition) is 1. The molecule has 0 saturated carbocycles. The normalized spacial score (nSPS) is 12.8. The van der Waals surface area contributed by atoms with Crippen LogP contribution in [-0.2, 0) is 0 Å². The Bertz CT molecular complexity index is 504. The predicted octanol–water partition coefficient (Wildman–Crippen LogP) is 4.21.